The standard InChI is InChI=1S/C11H10N3/c1-13-7-9-6-12-10-4-2-3-5-11(10)14(9)8-13/h2-8H,1H3/q+1. The van der Waals surface area contributed by atoms with E-state index in [9.17, 15) is 0 Å². The van der Waals surface area contributed by atoms with Gasteiger partial charge in [-0.05, 0) is 12.1 Å². The van der Waals surface area contributed by atoms with E-state index >= 15 is 0 Å². The van der Waals surface area contributed by atoms with Gasteiger partial charge in [-0.15, -0.1) is 0 Å². The molecule has 68 valence electrons. The zero-order valence-electron chi connectivity index (χ0n) is 7.88. The fraction of sp³-hybridized carbons (Fsp3) is 0.0909. The van der Waals surface area contributed by atoms with E-state index in [1.807, 2.05) is 36.0 Å². The first-order chi connectivity index (χ1) is 6.84. The number of imidazole rings is 1. The van der Waals surface area contributed by atoms with Gasteiger partial charge in [0.2, 0.25) is 6.33 Å². The third-order valence-corrected chi connectivity index (χ3v) is 2.39. The monoisotopic (exact) mass is 184 g/mol. The van der Waals surface area contributed by atoms with Gasteiger partial charge in [-0.25, -0.2) is 9.55 Å². The van der Waals surface area contributed by atoms with Gasteiger partial charge in [0.05, 0.1) is 13.2 Å². The quantitative estimate of drug-likeness (QED) is 0.483. The van der Waals surface area contributed by atoms with Crippen LogP contribution in [-0.4, -0.2) is 9.38 Å². The lowest BCUT2D eigenvalue weighted by molar-refractivity contribution is -0.669. The van der Waals surface area contributed by atoms with Crippen molar-refractivity contribution in [3.63, 3.8) is 0 Å². The number of aryl methyl sites for hydroxylation is 1. The first kappa shape index (κ1) is 7.50. The molecule has 0 unspecified atom stereocenters. The first-order valence-electron chi connectivity index (χ1n) is 4.56. The summed E-state index contributed by atoms with van der Waals surface area (Å²) in [6.45, 7) is 0. The predicted octanol–water partition coefficient (Wildman–Crippen LogP) is 1.31. The van der Waals surface area contributed by atoms with Gasteiger partial charge in [0.15, 0.2) is 11.0 Å². The number of para-hydroxylation sites is 2. The van der Waals surface area contributed by atoms with Crippen molar-refractivity contribution in [1.29, 1.82) is 0 Å². The van der Waals surface area contributed by atoms with Crippen LogP contribution in [0.3, 0.4) is 0 Å². The molecule has 0 aliphatic heterocycles. The van der Waals surface area contributed by atoms with Gasteiger partial charge in [0.25, 0.3) is 0 Å². The van der Waals surface area contributed by atoms with Gasteiger partial charge in [-0.1, -0.05) is 12.1 Å². The molecule has 0 atom stereocenters. The molecule has 1 aromatic carbocycles. The Bertz CT molecular complexity index is 610. The summed E-state index contributed by atoms with van der Waals surface area (Å²) >= 11 is 0. The lowest BCUT2D eigenvalue weighted by Crippen LogP contribution is -2.23. The fourth-order valence-electron chi connectivity index (χ4n) is 1.76. The molecule has 3 nitrogen and oxygen atoms in total. The molecule has 3 aromatic rings. The van der Waals surface area contributed by atoms with E-state index in [2.05, 4.69) is 28.0 Å². The Labute approximate surface area is 81.2 Å². The first-order valence-corrected chi connectivity index (χ1v) is 4.56. The highest BCUT2D eigenvalue weighted by Crippen LogP contribution is 2.12. The largest absolute Gasteiger partial charge is 0.249 e. The van der Waals surface area contributed by atoms with Crippen LogP contribution in [0.25, 0.3) is 16.6 Å². The Morgan fingerprint density at radius 1 is 1.29 bits per heavy atom. The van der Waals surface area contributed by atoms with Gasteiger partial charge >= 0.3 is 0 Å². The number of nitrogens with zero attached hydrogens (tertiary/aromatic N) is 3. The molecule has 0 aliphatic carbocycles. The Morgan fingerprint density at radius 3 is 3.07 bits per heavy atom. The van der Waals surface area contributed by atoms with Crippen LogP contribution in [0.2, 0.25) is 0 Å². The van der Waals surface area contributed by atoms with Crippen molar-refractivity contribution in [2.75, 3.05) is 0 Å². The zero-order valence-corrected chi connectivity index (χ0v) is 7.88. The molecule has 0 fully saturated rings. The molecular formula is C11H10N3+. The molecule has 2 heterocycles. The Morgan fingerprint density at radius 2 is 2.14 bits per heavy atom. The van der Waals surface area contributed by atoms with Crippen LogP contribution in [0.15, 0.2) is 43.0 Å². The second-order valence-corrected chi connectivity index (χ2v) is 3.45. The maximum atomic E-state index is 4.39. The van der Waals surface area contributed by atoms with E-state index in [1.54, 1.807) is 0 Å². The molecule has 0 spiro atoms. The Balaban J connectivity index is 2.60. The van der Waals surface area contributed by atoms with Crippen molar-refractivity contribution in [2.45, 2.75) is 0 Å². The fourth-order valence-corrected chi connectivity index (χ4v) is 1.76. The average molecular weight is 184 g/mol. The Kier molecular flexibility index (Phi) is 1.36. The van der Waals surface area contributed by atoms with Crippen LogP contribution in [0.5, 0.6) is 0 Å². The number of hydrogen-bond donors (Lipinski definition) is 0. The van der Waals surface area contributed by atoms with Crippen molar-refractivity contribution in [3.05, 3.63) is 43.0 Å². The highest BCUT2D eigenvalue weighted by atomic mass is 15.1. The summed E-state index contributed by atoms with van der Waals surface area (Å²) in [7, 11) is 2.02. The SMILES string of the molecule is C[n+]1cc2cnc3ccccc3n2c1. The normalized spacial score (nSPS) is 11.2. The lowest BCUT2D eigenvalue weighted by Gasteiger charge is -1.93. The number of fused-ring (bicyclic) bond motifs is 3. The van der Waals surface area contributed by atoms with Gasteiger partial charge < -0.3 is 0 Å². The molecule has 0 saturated carbocycles. The van der Waals surface area contributed by atoms with Crippen molar-refractivity contribution in [3.8, 4) is 0 Å². The maximum Gasteiger partial charge on any atom is 0.249 e. The minimum atomic E-state index is 1.02. The van der Waals surface area contributed by atoms with Gasteiger partial charge in [-0.3, -0.25) is 0 Å². The summed E-state index contributed by atoms with van der Waals surface area (Å²) in [5.41, 5.74) is 3.29. The molecule has 2 aromatic heterocycles. The lowest BCUT2D eigenvalue weighted by atomic mass is 10.3. The van der Waals surface area contributed by atoms with E-state index in [-0.39, 0.29) is 0 Å². The number of rotatable bonds is 0. The van der Waals surface area contributed by atoms with Crippen LogP contribution in [0, 0.1) is 0 Å². The second-order valence-electron chi connectivity index (χ2n) is 3.45. The highest BCUT2D eigenvalue weighted by Gasteiger charge is 2.07. The number of aromatic nitrogens is 3. The van der Waals surface area contributed by atoms with E-state index < -0.39 is 0 Å². The van der Waals surface area contributed by atoms with Crippen molar-refractivity contribution < 1.29 is 4.57 Å². The van der Waals surface area contributed by atoms with E-state index in [1.165, 1.54) is 0 Å². The van der Waals surface area contributed by atoms with Crippen molar-refractivity contribution in [1.82, 2.24) is 9.38 Å². The predicted molar refractivity (Wildman–Crippen MR) is 53.9 cm³/mol. The minimum absolute atomic E-state index is 1.02. The van der Waals surface area contributed by atoms with Crippen LogP contribution >= 0.6 is 0 Å². The topological polar surface area (TPSA) is 21.2 Å². The van der Waals surface area contributed by atoms with Gasteiger partial charge in [-0.2, -0.15) is 4.40 Å². The number of hydrogen-bond acceptors (Lipinski definition) is 1. The van der Waals surface area contributed by atoms with E-state index in [0.717, 1.165) is 16.6 Å². The summed E-state index contributed by atoms with van der Waals surface area (Å²) < 4.78 is 4.17. The van der Waals surface area contributed by atoms with Crippen LogP contribution in [0.4, 0.5) is 0 Å². The zero-order chi connectivity index (χ0) is 9.54. The third kappa shape index (κ3) is 0.923. The molecule has 0 amide bonds. The summed E-state index contributed by atoms with van der Waals surface area (Å²) in [5, 5.41) is 0. The van der Waals surface area contributed by atoms with Crippen molar-refractivity contribution >= 4 is 16.6 Å². The summed E-state index contributed by atoms with van der Waals surface area (Å²) in [4.78, 5) is 4.39. The smallest absolute Gasteiger partial charge is 0.248 e. The van der Waals surface area contributed by atoms with Crippen LogP contribution < -0.4 is 4.57 Å². The van der Waals surface area contributed by atoms with Gasteiger partial charge in [0, 0.05) is 0 Å². The van der Waals surface area contributed by atoms with Crippen LogP contribution in [0.1, 0.15) is 0 Å². The van der Waals surface area contributed by atoms with Gasteiger partial charge in [0.1, 0.15) is 11.7 Å². The molecule has 14 heavy (non-hydrogen) atoms. The molecule has 0 bridgehead atoms. The molecule has 0 N–H and O–H groups in total. The van der Waals surface area contributed by atoms with Crippen molar-refractivity contribution in [2.24, 2.45) is 7.05 Å². The molecule has 3 heteroatoms. The highest BCUT2D eigenvalue weighted by molar-refractivity contribution is 5.77. The molecule has 0 aliphatic rings. The summed E-state index contributed by atoms with van der Waals surface area (Å²) in [6.07, 6.45) is 6.00. The molecule has 3 rings (SSSR count). The molecular weight excluding hydrogens is 174 g/mol. The van der Waals surface area contributed by atoms with Crippen LogP contribution in [-0.2, 0) is 7.05 Å². The molecule has 0 saturated heterocycles. The maximum absolute atomic E-state index is 4.39. The number of benzene rings is 1. The second kappa shape index (κ2) is 2.54. The summed E-state index contributed by atoms with van der Waals surface area (Å²) in [6, 6.07) is 8.14. The minimum Gasteiger partial charge on any atom is -0.248 e. The third-order valence-electron chi connectivity index (χ3n) is 2.39. The average Bonchev–Trinajstić information content (AvgIpc) is 2.59. The van der Waals surface area contributed by atoms with E-state index in [4.69, 9.17) is 0 Å². The van der Waals surface area contributed by atoms with E-state index in [0.29, 0.717) is 0 Å². The molecule has 0 radical (unpaired) electrons. The Hall–Kier alpha value is -1.90. The summed E-state index contributed by atoms with van der Waals surface area (Å²) in [5.74, 6) is 0.